The second-order valence-corrected chi connectivity index (χ2v) is 4.70. The first-order chi connectivity index (χ1) is 7.15. The summed E-state index contributed by atoms with van der Waals surface area (Å²) in [6.07, 6.45) is 6.14. The molecule has 1 amide bonds. The molecular weight excluding hydrogens is 188 g/mol. The Bertz CT molecular complexity index is 204. The molecule has 0 radical (unpaired) electrons. The molecule has 1 rings (SSSR count). The summed E-state index contributed by atoms with van der Waals surface area (Å²) >= 11 is 0. The lowest BCUT2D eigenvalue weighted by atomic mass is 9.96. The zero-order valence-electron chi connectivity index (χ0n) is 10.0. The molecule has 0 spiro atoms. The van der Waals surface area contributed by atoms with Gasteiger partial charge in [0.15, 0.2) is 0 Å². The van der Waals surface area contributed by atoms with Crippen molar-refractivity contribution >= 4 is 5.91 Å². The van der Waals surface area contributed by atoms with Crippen LogP contribution in [0.2, 0.25) is 0 Å². The van der Waals surface area contributed by atoms with E-state index in [0.717, 1.165) is 31.8 Å². The fraction of sp³-hybridized carbons (Fsp3) is 0.917. The normalized spacial score (nSPS) is 24.7. The number of hydrogen-bond donors (Lipinski definition) is 1. The van der Waals surface area contributed by atoms with Gasteiger partial charge in [-0.25, -0.2) is 0 Å². The Morgan fingerprint density at radius 2 is 2.20 bits per heavy atom. The van der Waals surface area contributed by atoms with Crippen molar-refractivity contribution in [2.75, 3.05) is 13.1 Å². The molecule has 1 aliphatic rings. The van der Waals surface area contributed by atoms with E-state index in [2.05, 4.69) is 6.92 Å². The maximum atomic E-state index is 11.7. The molecule has 3 nitrogen and oxygen atoms in total. The molecule has 15 heavy (non-hydrogen) atoms. The number of amides is 1. The minimum atomic E-state index is -0.340. The molecule has 0 aromatic rings. The Hall–Kier alpha value is -0.570. The van der Waals surface area contributed by atoms with E-state index in [-0.39, 0.29) is 11.9 Å². The Labute approximate surface area is 93.0 Å². The van der Waals surface area contributed by atoms with Crippen LogP contribution in [0.5, 0.6) is 0 Å². The molecule has 2 atom stereocenters. The number of carbonyl (C=O) groups is 1. The summed E-state index contributed by atoms with van der Waals surface area (Å²) in [6, 6.07) is -0.340. The van der Waals surface area contributed by atoms with Crippen molar-refractivity contribution in [2.45, 2.75) is 52.0 Å². The first kappa shape index (κ1) is 12.5. The largest absolute Gasteiger partial charge is 0.341 e. The molecule has 3 heteroatoms. The van der Waals surface area contributed by atoms with Gasteiger partial charge in [-0.05, 0) is 32.1 Å². The van der Waals surface area contributed by atoms with Gasteiger partial charge in [0, 0.05) is 13.1 Å². The summed E-state index contributed by atoms with van der Waals surface area (Å²) < 4.78 is 0. The third kappa shape index (κ3) is 3.82. The summed E-state index contributed by atoms with van der Waals surface area (Å²) in [7, 11) is 0. The van der Waals surface area contributed by atoms with Crippen molar-refractivity contribution in [1.29, 1.82) is 0 Å². The SMILES string of the molecule is CCCC1CCCN(C(=O)C(C)N)CC1. The van der Waals surface area contributed by atoms with Gasteiger partial charge in [0.25, 0.3) is 0 Å². The van der Waals surface area contributed by atoms with E-state index in [1.165, 1.54) is 19.3 Å². The second kappa shape index (κ2) is 6.11. The summed E-state index contributed by atoms with van der Waals surface area (Å²) in [4.78, 5) is 13.7. The average Bonchev–Trinajstić information content (AvgIpc) is 2.43. The first-order valence-corrected chi connectivity index (χ1v) is 6.19. The molecule has 2 N–H and O–H groups in total. The lowest BCUT2D eigenvalue weighted by Gasteiger charge is -2.22. The molecule has 0 aliphatic carbocycles. The van der Waals surface area contributed by atoms with Crippen LogP contribution in [-0.4, -0.2) is 29.9 Å². The van der Waals surface area contributed by atoms with Crippen molar-refractivity contribution in [3.05, 3.63) is 0 Å². The van der Waals surface area contributed by atoms with Gasteiger partial charge < -0.3 is 10.6 Å². The lowest BCUT2D eigenvalue weighted by Crippen LogP contribution is -2.42. The first-order valence-electron chi connectivity index (χ1n) is 6.19. The zero-order chi connectivity index (χ0) is 11.3. The monoisotopic (exact) mass is 212 g/mol. The Morgan fingerprint density at radius 1 is 1.47 bits per heavy atom. The molecule has 0 aromatic carbocycles. The molecular formula is C12H24N2O. The number of hydrogen-bond acceptors (Lipinski definition) is 2. The third-order valence-corrected chi connectivity index (χ3v) is 3.25. The molecule has 1 fully saturated rings. The van der Waals surface area contributed by atoms with Gasteiger partial charge >= 0.3 is 0 Å². The third-order valence-electron chi connectivity index (χ3n) is 3.25. The van der Waals surface area contributed by atoms with Crippen LogP contribution in [0.4, 0.5) is 0 Å². The van der Waals surface area contributed by atoms with Gasteiger partial charge in [-0.2, -0.15) is 0 Å². The van der Waals surface area contributed by atoms with Crippen LogP contribution in [0.25, 0.3) is 0 Å². The van der Waals surface area contributed by atoms with Crippen molar-refractivity contribution in [3.8, 4) is 0 Å². The van der Waals surface area contributed by atoms with E-state index in [0.29, 0.717) is 0 Å². The highest BCUT2D eigenvalue weighted by Gasteiger charge is 2.21. The van der Waals surface area contributed by atoms with E-state index in [9.17, 15) is 4.79 Å². The van der Waals surface area contributed by atoms with Crippen LogP contribution in [0.1, 0.15) is 46.0 Å². The number of nitrogens with two attached hydrogens (primary N) is 1. The number of carbonyl (C=O) groups excluding carboxylic acids is 1. The number of rotatable bonds is 3. The Morgan fingerprint density at radius 3 is 2.80 bits per heavy atom. The molecule has 1 saturated heterocycles. The van der Waals surface area contributed by atoms with Gasteiger partial charge in [0.2, 0.25) is 5.91 Å². The smallest absolute Gasteiger partial charge is 0.239 e. The molecule has 0 bridgehead atoms. The van der Waals surface area contributed by atoms with Crippen LogP contribution in [-0.2, 0) is 4.79 Å². The van der Waals surface area contributed by atoms with Crippen molar-refractivity contribution in [1.82, 2.24) is 4.90 Å². The second-order valence-electron chi connectivity index (χ2n) is 4.70. The quantitative estimate of drug-likeness (QED) is 0.775. The van der Waals surface area contributed by atoms with E-state index in [1.54, 1.807) is 6.92 Å². The van der Waals surface area contributed by atoms with Crippen molar-refractivity contribution < 1.29 is 4.79 Å². The summed E-state index contributed by atoms with van der Waals surface area (Å²) in [5.74, 6) is 0.938. The van der Waals surface area contributed by atoms with Crippen LogP contribution >= 0.6 is 0 Å². The van der Waals surface area contributed by atoms with Crippen LogP contribution in [0, 0.1) is 5.92 Å². The minimum absolute atomic E-state index is 0.118. The molecule has 0 aromatic heterocycles. The number of likely N-dealkylation sites (tertiary alicyclic amines) is 1. The summed E-state index contributed by atoms with van der Waals surface area (Å²) in [5.41, 5.74) is 5.62. The fourth-order valence-corrected chi connectivity index (χ4v) is 2.37. The summed E-state index contributed by atoms with van der Waals surface area (Å²) in [5, 5.41) is 0. The van der Waals surface area contributed by atoms with E-state index in [4.69, 9.17) is 5.73 Å². The van der Waals surface area contributed by atoms with Gasteiger partial charge in [-0.1, -0.05) is 19.8 Å². The lowest BCUT2D eigenvalue weighted by molar-refractivity contribution is -0.132. The van der Waals surface area contributed by atoms with Gasteiger partial charge in [0.05, 0.1) is 6.04 Å². The number of nitrogens with zero attached hydrogens (tertiary/aromatic N) is 1. The maximum absolute atomic E-state index is 11.7. The summed E-state index contributed by atoms with van der Waals surface area (Å²) in [6.45, 7) is 5.82. The highest BCUT2D eigenvalue weighted by molar-refractivity contribution is 5.81. The fourth-order valence-electron chi connectivity index (χ4n) is 2.37. The van der Waals surface area contributed by atoms with Crippen molar-refractivity contribution in [3.63, 3.8) is 0 Å². The highest BCUT2D eigenvalue weighted by atomic mass is 16.2. The van der Waals surface area contributed by atoms with Crippen molar-refractivity contribution in [2.24, 2.45) is 11.7 Å². The van der Waals surface area contributed by atoms with E-state index < -0.39 is 0 Å². The topological polar surface area (TPSA) is 46.3 Å². The Kier molecular flexibility index (Phi) is 5.09. The molecule has 1 aliphatic heterocycles. The zero-order valence-corrected chi connectivity index (χ0v) is 10.0. The predicted octanol–water partition coefficient (Wildman–Crippen LogP) is 1.76. The molecule has 88 valence electrons. The molecule has 0 saturated carbocycles. The van der Waals surface area contributed by atoms with Gasteiger partial charge in [-0.3, -0.25) is 4.79 Å². The average molecular weight is 212 g/mol. The highest BCUT2D eigenvalue weighted by Crippen LogP contribution is 2.21. The molecule has 2 unspecified atom stereocenters. The van der Waals surface area contributed by atoms with Crippen LogP contribution in [0.3, 0.4) is 0 Å². The van der Waals surface area contributed by atoms with Crippen LogP contribution in [0.15, 0.2) is 0 Å². The van der Waals surface area contributed by atoms with Gasteiger partial charge in [-0.15, -0.1) is 0 Å². The van der Waals surface area contributed by atoms with Gasteiger partial charge in [0.1, 0.15) is 0 Å². The minimum Gasteiger partial charge on any atom is -0.341 e. The predicted molar refractivity (Wildman–Crippen MR) is 62.5 cm³/mol. The van der Waals surface area contributed by atoms with E-state index in [1.807, 2.05) is 4.90 Å². The van der Waals surface area contributed by atoms with E-state index >= 15 is 0 Å². The van der Waals surface area contributed by atoms with Crippen LogP contribution < -0.4 is 5.73 Å². The standard InChI is InChI=1S/C12H24N2O/c1-3-5-11-6-4-8-14(9-7-11)12(15)10(2)13/h10-11H,3-9,13H2,1-2H3. The Balaban J connectivity index is 2.42. The molecule has 1 heterocycles. The maximum Gasteiger partial charge on any atom is 0.239 e.